The monoisotopic (exact) mass is 342 g/mol. The first-order chi connectivity index (χ1) is 11.4. The molecule has 1 amide bonds. The van der Waals surface area contributed by atoms with Crippen molar-refractivity contribution in [2.75, 3.05) is 7.11 Å². The zero-order chi connectivity index (χ0) is 17.3. The molecule has 122 valence electrons. The number of carbonyl (C=O) groups is 1. The number of carbonyl (C=O) groups excluding carboxylic acids is 1. The molecule has 0 saturated carbocycles. The zero-order valence-corrected chi connectivity index (χ0v) is 13.6. The van der Waals surface area contributed by atoms with Crippen molar-refractivity contribution in [3.8, 4) is 5.75 Å². The van der Waals surface area contributed by atoms with Gasteiger partial charge in [-0.05, 0) is 48.5 Å². The summed E-state index contributed by atoms with van der Waals surface area (Å²) in [5.41, 5.74) is 6.04. The summed E-state index contributed by atoms with van der Waals surface area (Å²) in [5.74, 6) is -0.0458. The second-order valence-electron chi connectivity index (χ2n) is 5.12. The number of sulfone groups is 1. The Labute approximate surface area is 138 Å². The number of nitrogens with zero attached hydrogens (tertiary/aromatic N) is 1. The Morgan fingerprint density at radius 3 is 2.33 bits per heavy atom. The SMILES string of the molecule is COc1ccc(S(=O)(=O)c2ccc3ncc(C(N)=O)cc3c2)cc1. The van der Waals surface area contributed by atoms with Gasteiger partial charge < -0.3 is 10.5 Å². The Balaban J connectivity index is 2.11. The molecular formula is C17H14N2O4S. The first kappa shape index (κ1) is 15.9. The fourth-order valence-electron chi connectivity index (χ4n) is 2.30. The van der Waals surface area contributed by atoms with E-state index in [2.05, 4.69) is 4.98 Å². The molecule has 0 bridgehead atoms. The van der Waals surface area contributed by atoms with Crippen molar-refractivity contribution in [1.29, 1.82) is 0 Å². The van der Waals surface area contributed by atoms with Crippen LogP contribution in [0.25, 0.3) is 10.9 Å². The number of primary amides is 1. The predicted octanol–water partition coefficient (Wildman–Crippen LogP) is 2.18. The maximum Gasteiger partial charge on any atom is 0.250 e. The van der Waals surface area contributed by atoms with Gasteiger partial charge in [0.05, 0.1) is 28.0 Å². The minimum absolute atomic E-state index is 0.114. The number of amides is 1. The molecule has 24 heavy (non-hydrogen) atoms. The van der Waals surface area contributed by atoms with E-state index < -0.39 is 15.7 Å². The van der Waals surface area contributed by atoms with Crippen molar-refractivity contribution < 1.29 is 17.9 Å². The van der Waals surface area contributed by atoms with Crippen LogP contribution in [0.3, 0.4) is 0 Å². The molecule has 0 spiro atoms. The average Bonchev–Trinajstić information content (AvgIpc) is 2.60. The molecule has 0 radical (unpaired) electrons. The minimum Gasteiger partial charge on any atom is -0.497 e. The quantitative estimate of drug-likeness (QED) is 0.783. The molecule has 0 aliphatic heterocycles. The molecule has 0 aliphatic rings. The van der Waals surface area contributed by atoms with Crippen LogP contribution >= 0.6 is 0 Å². The van der Waals surface area contributed by atoms with E-state index in [1.54, 1.807) is 18.2 Å². The average molecular weight is 342 g/mol. The summed E-state index contributed by atoms with van der Waals surface area (Å²) in [7, 11) is -2.18. The zero-order valence-electron chi connectivity index (χ0n) is 12.8. The fraction of sp³-hybridized carbons (Fsp3) is 0.0588. The summed E-state index contributed by atoms with van der Waals surface area (Å²) in [4.78, 5) is 15.6. The van der Waals surface area contributed by atoms with E-state index in [0.717, 1.165) is 0 Å². The number of rotatable bonds is 4. The Morgan fingerprint density at radius 2 is 1.71 bits per heavy atom. The largest absolute Gasteiger partial charge is 0.497 e. The Bertz CT molecular complexity index is 1030. The molecule has 1 aromatic heterocycles. The summed E-state index contributed by atoms with van der Waals surface area (Å²) in [5, 5.41) is 0.529. The van der Waals surface area contributed by atoms with Crippen molar-refractivity contribution in [1.82, 2.24) is 4.98 Å². The highest BCUT2D eigenvalue weighted by atomic mass is 32.2. The Morgan fingerprint density at radius 1 is 1.04 bits per heavy atom. The predicted molar refractivity (Wildman–Crippen MR) is 88.7 cm³/mol. The van der Waals surface area contributed by atoms with Crippen molar-refractivity contribution in [3.63, 3.8) is 0 Å². The molecule has 3 rings (SSSR count). The third-order valence-electron chi connectivity index (χ3n) is 3.62. The molecule has 0 atom stereocenters. The van der Waals surface area contributed by atoms with E-state index in [0.29, 0.717) is 16.7 Å². The van der Waals surface area contributed by atoms with Crippen LogP contribution in [0.4, 0.5) is 0 Å². The summed E-state index contributed by atoms with van der Waals surface area (Å²) < 4.78 is 30.5. The molecule has 2 aromatic carbocycles. The van der Waals surface area contributed by atoms with E-state index in [4.69, 9.17) is 10.5 Å². The highest BCUT2D eigenvalue weighted by Gasteiger charge is 2.18. The molecule has 6 nitrogen and oxygen atoms in total. The molecule has 3 aromatic rings. The highest BCUT2D eigenvalue weighted by Crippen LogP contribution is 2.25. The van der Waals surface area contributed by atoms with Crippen molar-refractivity contribution in [2.24, 2.45) is 5.73 Å². The van der Waals surface area contributed by atoms with E-state index in [1.807, 2.05) is 0 Å². The molecule has 7 heteroatoms. The van der Waals surface area contributed by atoms with Crippen LogP contribution in [0.15, 0.2) is 64.5 Å². The molecule has 2 N–H and O–H groups in total. The van der Waals surface area contributed by atoms with Gasteiger partial charge >= 0.3 is 0 Å². The normalized spacial score (nSPS) is 11.4. The lowest BCUT2D eigenvalue weighted by Gasteiger charge is -2.07. The van der Waals surface area contributed by atoms with Gasteiger partial charge in [0, 0.05) is 11.6 Å². The molecule has 0 fully saturated rings. The third kappa shape index (κ3) is 2.81. The maximum atomic E-state index is 12.7. The van der Waals surface area contributed by atoms with Gasteiger partial charge in [0.2, 0.25) is 15.7 Å². The lowest BCUT2D eigenvalue weighted by Crippen LogP contribution is -2.11. The van der Waals surface area contributed by atoms with Gasteiger partial charge in [-0.25, -0.2) is 8.42 Å². The van der Waals surface area contributed by atoms with Crippen LogP contribution in [0, 0.1) is 0 Å². The number of fused-ring (bicyclic) bond motifs is 1. The summed E-state index contributed by atoms with van der Waals surface area (Å²) in [6.45, 7) is 0. The van der Waals surface area contributed by atoms with Crippen molar-refractivity contribution in [2.45, 2.75) is 9.79 Å². The van der Waals surface area contributed by atoms with Crippen LogP contribution in [0.5, 0.6) is 5.75 Å². The summed E-state index contributed by atoms with van der Waals surface area (Å²) >= 11 is 0. The van der Waals surface area contributed by atoms with Gasteiger partial charge in [0.1, 0.15) is 5.75 Å². The van der Waals surface area contributed by atoms with Crippen molar-refractivity contribution >= 4 is 26.6 Å². The molecule has 0 saturated heterocycles. The summed E-state index contributed by atoms with van der Waals surface area (Å²) in [6.07, 6.45) is 1.36. The second kappa shape index (κ2) is 5.93. The first-order valence-electron chi connectivity index (χ1n) is 7.00. The topological polar surface area (TPSA) is 99.3 Å². The number of ether oxygens (including phenoxy) is 1. The Hall–Kier alpha value is -2.93. The van der Waals surface area contributed by atoms with Gasteiger partial charge in [-0.3, -0.25) is 9.78 Å². The van der Waals surface area contributed by atoms with Crippen LogP contribution in [-0.2, 0) is 9.84 Å². The minimum atomic E-state index is -3.69. The van der Waals surface area contributed by atoms with E-state index in [-0.39, 0.29) is 15.4 Å². The third-order valence-corrected chi connectivity index (χ3v) is 5.38. The van der Waals surface area contributed by atoms with Crippen molar-refractivity contribution in [3.05, 3.63) is 60.3 Å². The number of benzene rings is 2. The van der Waals surface area contributed by atoms with Crippen LogP contribution < -0.4 is 10.5 Å². The van der Waals surface area contributed by atoms with Gasteiger partial charge in [0.25, 0.3) is 0 Å². The number of hydrogen-bond donors (Lipinski definition) is 1. The number of hydrogen-bond acceptors (Lipinski definition) is 5. The van der Waals surface area contributed by atoms with Gasteiger partial charge in [0.15, 0.2) is 0 Å². The van der Waals surface area contributed by atoms with Crippen LogP contribution in [0.2, 0.25) is 0 Å². The molecule has 1 heterocycles. The van der Waals surface area contributed by atoms with E-state index in [9.17, 15) is 13.2 Å². The number of pyridine rings is 1. The highest BCUT2D eigenvalue weighted by molar-refractivity contribution is 7.91. The number of nitrogens with two attached hydrogens (primary N) is 1. The Kier molecular flexibility index (Phi) is 3.94. The second-order valence-corrected chi connectivity index (χ2v) is 7.07. The first-order valence-corrected chi connectivity index (χ1v) is 8.49. The van der Waals surface area contributed by atoms with Gasteiger partial charge in [-0.15, -0.1) is 0 Å². The smallest absolute Gasteiger partial charge is 0.250 e. The fourth-order valence-corrected chi connectivity index (χ4v) is 3.60. The summed E-state index contributed by atoms with van der Waals surface area (Å²) in [6, 6.07) is 12.2. The van der Waals surface area contributed by atoms with E-state index >= 15 is 0 Å². The standard InChI is InChI=1S/C17H14N2O4S/c1-23-13-2-4-14(5-3-13)24(21,22)15-6-7-16-11(9-15)8-12(10-19-16)17(18)20/h2-10H,1H3,(H2,18,20). The molecular weight excluding hydrogens is 328 g/mol. The van der Waals surface area contributed by atoms with E-state index in [1.165, 1.54) is 43.6 Å². The van der Waals surface area contributed by atoms with Gasteiger partial charge in [-0.2, -0.15) is 0 Å². The number of aromatic nitrogens is 1. The number of methoxy groups -OCH3 is 1. The maximum absolute atomic E-state index is 12.7. The molecule has 0 unspecified atom stereocenters. The lowest BCUT2D eigenvalue weighted by atomic mass is 10.1. The lowest BCUT2D eigenvalue weighted by molar-refractivity contribution is 0.1000. The molecule has 0 aliphatic carbocycles. The van der Waals surface area contributed by atoms with Crippen LogP contribution in [-0.4, -0.2) is 26.4 Å². The van der Waals surface area contributed by atoms with Crippen LogP contribution in [0.1, 0.15) is 10.4 Å². The van der Waals surface area contributed by atoms with Gasteiger partial charge in [-0.1, -0.05) is 0 Å².